The van der Waals surface area contributed by atoms with Gasteiger partial charge in [-0.1, -0.05) is 12.1 Å². The number of hydrogen-bond donors (Lipinski definition) is 2. The summed E-state index contributed by atoms with van der Waals surface area (Å²) in [7, 11) is 0. The van der Waals surface area contributed by atoms with Crippen LogP contribution in [0.5, 0.6) is 0 Å². The second kappa shape index (κ2) is 8.87. The molecule has 3 saturated carbocycles. The predicted molar refractivity (Wildman–Crippen MR) is 117 cm³/mol. The molecule has 3 aliphatic rings. The summed E-state index contributed by atoms with van der Waals surface area (Å²) in [5.41, 5.74) is -3.96. The maximum absolute atomic E-state index is 15.0. The number of benzene rings is 1. The molecule has 3 aliphatic carbocycles. The molecule has 1 amide bonds. The first kappa shape index (κ1) is 26.6. The molecule has 0 aromatic heterocycles. The molecule has 5 nitrogen and oxygen atoms in total. The summed E-state index contributed by atoms with van der Waals surface area (Å²) in [5, 5.41) is 11.6. The molecule has 1 atom stereocenters. The van der Waals surface area contributed by atoms with E-state index < -0.39 is 52.2 Å². The highest BCUT2D eigenvalue weighted by Crippen LogP contribution is 2.83. The lowest BCUT2D eigenvalue weighted by Crippen LogP contribution is -2.81. The van der Waals surface area contributed by atoms with E-state index in [2.05, 4.69) is 5.32 Å². The van der Waals surface area contributed by atoms with Crippen LogP contribution in [0.4, 0.5) is 26.7 Å². The molecule has 2 N–H and O–H groups in total. The van der Waals surface area contributed by atoms with Crippen molar-refractivity contribution in [2.75, 3.05) is 11.5 Å². The molecule has 0 heterocycles. The van der Waals surface area contributed by atoms with E-state index in [0.717, 1.165) is 24.3 Å². The highest BCUT2D eigenvalue weighted by molar-refractivity contribution is 7.99. The number of carbonyl (C=O) groups is 2. The van der Waals surface area contributed by atoms with E-state index in [1.165, 1.54) is 11.8 Å². The number of hydrogen-bond acceptors (Lipinski definition) is 4. The van der Waals surface area contributed by atoms with Crippen LogP contribution < -0.4 is 5.32 Å². The third-order valence-electron chi connectivity index (χ3n) is 6.58. The number of amides is 1. The molecule has 34 heavy (non-hydrogen) atoms. The summed E-state index contributed by atoms with van der Waals surface area (Å²) < 4.78 is 73.2. The third kappa shape index (κ3) is 4.85. The smallest absolute Gasteiger partial charge is 0.416 e. The molecular formula is C23H28F5NO4S. The maximum Gasteiger partial charge on any atom is 0.416 e. The fourth-order valence-corrected chi connectivity index (χ4v) is 5.96. The molecule has 3 fully saturated rings. The molecule has 1 aromatic rings. The number of carbonyl (C=O) groups excluding carboxylic acids is 1. The highest BCUT2D eigenvalue weighted by Gasteiger charge is 2.87. The number of nitrogens with one attached hydrogen (secondary N) is 1. The zero-order valence-electron chi connectivity index (χ0n) is 19.1. The number of halogens is 5. The van der Waals surface area contributed by atoms with Crippen LogP contribution in [0.25, 0.3) is 0 Å². The van der Waals surface area contributed by atoms with Gasteiger partial charge in [-0.2, -0.15) is 24.9 Å². The average Bonchev–Trinajstić information content (AvgIpc) is 2.66. The monoisotopic (exact) mass is 509 g/mol. The topological polar surface area (TPSA) is 75.6 Å². The predicted octanol–water partition coefficient (Wildman–Crippen LogP) is 5.86. The highest BCUT2D eigenvalue weighted by atomic mass is 32.2. The first-order chi connectivity index (χ1) is 15.5. The first-order valence-corrected chi connectivity index (χ1v) is 12.0. The molecule has 1 aromatic carbocycles. The van der Waals surface area contributed by atoms with Gasteiger partial charge in [0, 0.05) is 5.41 Å². The quantitative estimate of drug-likeness (QED) is 0.322. The van der Waals surface area contributed by atoms with Gasteiger partial charge in [0.2, 0.25) is 0 Å². The van der Waals surface area contributed by atoms with Gasteiger partial charge in [-0.05, 0) is 75.7 Å². The van der Waals surface area contributed by atoms with Crippen molar-refractivity contribution in [3.63, 3.8) is 0 Å². The van der Waals surface area contributed by atoms with Gasteiger partial charge in [0.1, 0.15) is 11.6 Å². The van der Waals surface area contributed by atoms with Crippen LogP contribution in [0, 0.1) is 5.41 Å². The van der Waals surface area contributed by atoms with E-state index in [1.54, 1.807) is 20.8 Å². The van der Waals surface area contributed by atoms with Gasteiger partial charge in [0.05, 0.1) is 11.0 Å². The van der Waals surface area contributed by atoms with Crippen molar-refractivity contribution in [2.45, 2.75) is 75.6 Å². The van der Waals surface area contributed by atoms with Crippen molar-refractivity contribution in [3.05, 3.63) is 35.4 Å². The number of ether oxygens (including phenoxy) is 1. The number of carboxylic acid groups (broad SMARTS) is 1. The van der Waals surface area contributed by atoms with Crippen LogP contribution >= 0.6 is 11.8 Å². The summed E-state index contributed by atoms with van der Waals surface area (Å²) >= 11 is 1.33. The average molecular weight is 510 g/mol. The summed E-state index contributed by atoms with van der Waals surface area (Å²) in [4.78, 5) is 23.2. The summed E-state index contributed by atoms with van der Waals surface area (Å²) in [6, 6.07) is 2.84. The Morgan fingerprint density at radius 3 is 2.18 bits per heavy atom. The Morgan fingerprint density at radius 1 is 1.12 bits per heavy atom. The number of alkyl carbamates (subject to hydrolysis) is 1. The standard InChI is InChI=1S/C23H28F5NO4S/c1-19(2,3)33-18(32)29-16(17(30)31)8-10-34-11-9-20-12-21(13-20,23(20,27)28)14-4-6-15(7-5-14)22(24,25)26/h4-7,16H,8-13H2,1-3H3,(H,29,32)(H,30,31)/t16-,20?,21?/m0/s1. The Labute approximate surface area is 198 Å². The van der Waals surface area contributed by atoms with Crippen molar-refractivity contribution in [1.82, 2.24) is 5.32 Å². The summed E-state index contributed by atoms with van der Waals surface area (Å²) in [6.45, 7) is 4.96. The van der Waals surface area contributed by atoms with E-state index in [4.69, 9.17) is 4.74 Å². The van der Waals surface area contributed by atoms with E-state index >= 15 is 0 Å². The Morgan fingerprint density at radius 2 is 1.71 bits per heavy atom. The zero-order chi connectivity index (χ0) is 25.6. The molecule has 0 saturated heterocycles. The molecule has 0 unspecified atom stereocenters. The Balaban J connectivity index is 1.46. The third-order valence-corrected chi connectivity index (χ3v) is 7.59. The van der Waals surface area contributed by atoms with E-state index in [-0.39, 0.29) is 31.2 Å². The normalized spacial score (nSPS) is 26.1. The lowest BCUT2D eigenvalue weighted by Gasteiger charge is -2.76. The van der Waals surface area contributed by atoms with Crippen LogP contribution in [0.1, 0.15) is 57.6 Å². The van der Waals surface area contributed by atoms with Gasteiger partial charge in [-0.25, -0.2) is 18.4 Å². The molecule has 11 heteroatoms. The van der Waals surface area contributed by atoms with Crippen LogP contribution in [0.2, 0.25) is 0 Å². The lowest BCUT2D eigenvalue weighted by atomic mass is 9.30. The minimum absolute atomic E-state index is 0.109. The van der Waals surface area contributed by atoms with Crippen LogP contribution in [0.15, 0.2) is 24.3 Å². The number of rotatable bonds is 9. The van der Waals surface area contributed by atoms with Crippen molar-refractivity contribution in [2.24, 2.45) is 5.41 Å². The zero-order valence-corrected chi connectivity index (χ0v) is 19.9. The largest absolute Gasteiger partial charge is 0.480 e. The van der Waals surface area contributed by atoms with Crippen molar-refractivity contribution in [1.29, 1.82) is 0 Å². The van der Waals surface area contributed by atoms with Crippen molar-refractivity contribution >= 4 is 23.8 Å². The number of carboxylic acids is 1. The van der Waals surface area contributed by atoms with Gasteiger partial charge in [0.25, 0.3) is 5.92 Å². The Bertz CT molecular complexity index is 921. The molecule has 4 rings (SSSR count). The van der Waals surface area contributed by atoms with Gasteiger partial charge in [-0.15, -0.1) is 0 Å². The van der Waals surface area contributed by atoms with Crippen molar-refractivity contribution in [3.8, 4) is 0 Å². The molecule has 2 bridgehead atoms. The summed E-state index contributed by atoms with van der Waals surface area (Å²) in [5.74, 6) is -3.48. The molecule has 0 aliphatic heterocycles. The Hall–Kier alpha value is -2.04. The van der Waals surface area contributed by atoms with E-state index in [0.29, 0.717) is 11.5 Å². The number of alkyl halides is 5. The molecule has 0 radical (unpaired) electrons. The first-order valence-electron chi connectivity index (χ1n) is 10.9. The second-order valence-corrected chi connectivity index (χ2v) is 11.3. The van der Waals surface area contributed by atoms with E-state index in [9.17, 15) is 36.6 Å². The second-order valence-electron chi connectivity index (χ2n) is 10.1. The fourth-order valence-electron chi connectivity index (χ4n) is 4.82. The molecule has 190 valence electrons. The van der Waals surface area contributed by atoms with Gasteiger partial charge in [0.15, 0.2) is 0 Å². The van der Waals surface area contributed by atoms with Crippen LogP contribution in [-0.2, 0) is 21.1 Å². The van der Waals surface area contributed by atoms with Gasteiger partial charge >= 0.3 is 18.2 Å². The minimum Gasteiger partial charge on any atom is -0.480 e. The van der Waals surface area contributed by atoms with E-state index in [1.807, 2.05) is 0 Å². The fraction of sp³-hybridized carbons (Fsp3) is 0.652. The minimum atomic E-state index is -4.51. The summed E-state index contributed by atoms with van der Waals surface area (Å²) in [6.07, 6.45) is -4.58. The molecule has 0 spiro atoms. The van der Waals surface area contributed by atoms with Crippen LogP contribution in [-0.4, -0.2) is 46.2 Å². The maximum atomic E-state index is 15.0. The SMILES string of the molecule is CC(C)(C)OC(=O)N[C@@H](CCSCCC12CC(c3ccc(C(F)(F)F)cc3)(C1)C2(F)F)C(=O)O. The number of thioether (sulfide) groups is 1. The Kier molecular flexibility index (Phi) is 6.93. The molecular weight excluding hydrogens is 481 g/mol. The van der Waals surface area contributed by atoms with Crippen molar-refractivity contribution < 1.29 is 41.4 Å². The number of aliphatic carboxylic acids is 1. The lowest BCUT2D eigenvalue weighted by molar-refractivity contribution is -0.371. The van der Waals surface area contributed by atoms with Gasteiger partial charge in [-0.3, -0.25) is 0 Å². The van der Waals surface area contributed by atoms with Gasteiger partial charge < -0.3 is 15.2 Å². The van der Waals surface area contributed by atoms with Crippen LogP contribution in [0.3, 0.4) is 0 Å².